The van der Waals surface area contributed by atoms with Gasteiger partial charge in [-0.3, -0.25) is 9.59 Å². The third-order valence-electron chi connectivity index (χ3n) is 3.57. The Bertz CT molecular complexity index is 505. The predicted molar refractivity (Wildman–Crippen MR) is 64.3 cm³/mol. The molecule has 1 saturated carbocycles. The van der Waals surface area contributed by atoms with E-state index in [1.807, 2.05) is 0 Å². The molecule has 0 aliphatic heterocycles. The molecule has 1 aromatic carbocycles. The molecule has 0 saturated heterocycles. The van der Waals surface area contributed by atoms with Crippen molar-refractivity contribution in [2.24, 2.45) is 5.41 Å². The SMILES string of the molecule is O=C(NCC1(C(=O)O)CCC1)c1c(O)cccc1F. The first-order valence-electron chi connectivity index (χ1n) is 5.95. The normalized spacial score (nSPS) is 16.5. The highest BCUT2D eigenvalue weighted by Gasteiger charge is 2.44. The molecule has 0 atom stereocenters. The van der Waals surface area contributed by atoms with E-state index in [-0.39, 0.29) is 6.54 Å². The summed E-state index contributed by atoms with van der Waals surface area (Å²) < 4.78 is 13.4. The van der Waals surface area contributed by atoms with Gasteiger partial charge in [0.15, 0.2) is 0 Å². The first-order valence-corrected chi connectivity index (χ1v) is 5.95. The van der Waals surface area contributed by atoms with Gasteiger partial charge in [0.2, 0.25) is 0 Å². The van der Waals surface area contributed by atoms with Gasteiger partial charge in [-0.05, 0) is 25.0 Å². The number of halogens is 1. The molecule has 1 amide bonds. The maximum atomic E-state index is 13.4. The van der Waals surface area contributed by atoms with Crippen molar-refractivity contribution < 1.29 is 24.2 Å². The second-order valence-corrected chi connectivity index (χ2v) is 4.76. The van der Waals surface area contributed by atoms with E-state index in [4.69, 9.17) is 5.11 Å². The van der Waals surface area contributed by atoms with Gasteiger partial charge >= 0.3 is 5.97 Å². The lowest BCUT2D eigenvalue weighted by molar-refractivity contribution is -0.153. The highest BCUT2D eigenvalue weighted by Crippen LogP contribution is 2.40. The highest BCUT2D eigenvalue weighted by atomic mass is 19.1. The zero-order chi connectivity index (χ0) is 14.0. The summed E-state index contributed by atoms with van der Waals surface area (Å²) in [5, 5.41) is 20.9. The number of benzene rings is 1. The molecule has 102 valence electrons. The van der Waals surface area contributed by atoms with E-state index in [1.54, 1.807) is 0 Å². The van der Waals surface area contributed by atoms with Crippen molar-refractivity contribution in [3.63, 3.8) is 0 Å². The molecule has 0 heterocycles. The molecule has 0 spiro atoms. The standard InChI is InChI=1S/C13H14FNO4/c14-8-3-1-4-9(16)10(8)11(17)15-7-13(12(18)19)5-2-6-13/h1,3-4,16H,2,5-7H2,(H,15,17)(H,18,19). The molecule has 0 unspecified atom stereocenters. The number of hydrogen-bond donors (Lipinski definition) is 3. The largest absolute Gasteiger partial charge is 0.507 e. The van der Waals surface area contributed by atoms with Crippen molar-refractivity contribution in [2.75, 3.05) is 6.54 Å². The first-order chi connectivity index (χ1) is 8.96. The molecular formula is C13H14FNO4. The molecule has 3 N–H and O–H groups in total. The van der Waals surface area contributed by atoms with Gasteiger partial charge in [-0.25, -0.2) is 4.39 Å². The van der Waals surface area contributed by atoms with Crippen LogP contribution in [0.4, 0.5) is 4.39 Å². The zero-order valence-corrected chi connectivity index (χ0v) is 10.1. The van der Waals surface area contributed by atoms with Crippen LogP contribution in [0.3, 0.4) is 0 Å². The second kappa shape index (κ2) is 4.87. The lowest BCUT2D eigenvalue weighted by Gasteiger charge is -2.37. The molecule has 2 rings (SSSR count). The summed E-state index contributed by atoms with van der Waals surface area (Å²) in [6.07, 6.45) is 1.78. The summed E-state index contributed by atoms with van der Waals surface area (Å²) in [7, 11) is 0. The number of phenols is 1. The quantitative estimate of drug-likeness (QED) is 0.771. The van der Waals surface area contributed by atoms with Crippen LogP contribution in [0.5, 0.6) is 5.75 Å². The van der Waals surface area contributed by atoms with Gasteiger partial charge in [0.1, 0.15) is 17.1 Å². The summed E-state index contributed by atoms with van der Waals surface area (Å²) in [4.78, 5) is 22.9. The van der Waals surface area contributed by atoms with Crippen LogP contribution in [0.1, 0.15) is 29.6 Å². The van der Waals surface area contributed by atoms with Crippen LogP contribution in [0, 0.1) is 11.2 Å². The number of aliphatic carboxylic acids is 1. The van der Waals surface area contributed by atoms with E-state index in [0.717, 1.165) is 12.5 Å². The fourth-order valence-electron chi connectivity index (χ4n) is 2.15. The number of rotatable bonds is 4. The minimum Gasteiger partial charge on any atom is -0.507 e. The smallest absolute Gasteiger partial charge is 0.311 e. The van der Waals surface area contributed by atoms with E-state index in [9.17, 15) is 19.1 Å². The van der Waals surface area contributed by atoms with E-state index in [1.165, 1.54) is 12.1 Å². The van der Waals surface area contributed by atoms with Crippen molar-refractivity contribution in [1.82, 2.24) is 5.32 Å². The average Bonchev–Trinajstić information content (AvgIpc) is 2.26. The van der Waals surface area contributed by atoms with Gasteiger partial charge in [0.05, 0.1) is 5.41 Å². The van der Waals surface area contributed by atoms with E-state index >= 15 is 0 Å². The third-order valence-corrected chi connectivity index (χ3v) is 3.57. The Balaban J connectivity index is 2.08. The molecular weight excluding hydrogens is 253 g/mol. The number of carboxylic acid groups (broad SMARTS) is 1. The Morgan fingerprint density at radius 1 is 1.37 bits per heavy atom. The van der Waals surface area contributed by atoms with Gasteiger partial charge in [0, 0.05) is 6.54 Å². The number of nitrogens with one attached hydrogen (secondary N) is 1. The van der Waals surface area contributed by atoms with E-state index < -0.39 is 34.4 Å². The molecule has 0 bridgehead atoms. The minimum atomic E-state index is -0.961. The van der Waals surface area contributed by atoms with Crippen LogP contribution in [0.15, 0.2) is 18.2 Å². The molecule has 0 radical (unpaired) electrons. The number of amides is 1. The molecule has 1 aliphatic rings. The van der Waals surface area contributed by atoms with Gasteiger partial charge < -0.3 is 15.5 Å². The lowest BCUT2D eigenvalue weighted by Crippen LogP contribution is -2.47. The Morgan fingerprint density at radius 3 is 2.53 bits per heavy atom. The number of carbonyl (C=O) groups is 2. The molecule has 1 fully saturated rings. The Morgan fingerprint density at radius 2 is 2.05 bits per heavy atom. The van der Waals surface area contributed by atoms with Gasteiger partial charge in [-0.2, -0.15) is 0 Å². The van der Waals surface area contributed by atoms with E-state index in [0.29, 0.717) is 12.8 Å². The van der Waals surface area contributed by atoms with Crippen molar-refractivity contribution in [3.8, 4) is 5.75 Å². The van der Waals surface area contributed by atoms with Crippen molar-refractivity contribution in [1.29, 1.82) is 0 Å². The van der Waals surface area contributed by atoms with Crippen LogP contribution >= 0.6 is 0 Å². The van der Waals surface area contributed by atoms with Crippen LogP contribution in [-0.2, 0) is 4.79 Å². The predicted octanol–water partition coefficient (Wildman–Crippen LogP) is 1.52. The topological polar surface area (TPSA) is 86.6 Å². The van der Waals surface area contributed by atoms with Crippen LogP contribution in [0.25, 0.3) is 0 Å². The van der Waals surface area contributed by atoms with Crippen LogP contribution < -0.4 is 5.32 Å². The summed E-state index contributed by atoms with van der Waals surface area (Å²) >= 11 is 0. The number of carbonyl (C=O) groups excluding carboxylic acids is 1. The molecule has 6 heteroatoms. The molecule has 1 aliphatic carbocycles. The molecule has 0 aromatic heterocycles. The Labute approximate surface area is 109 Å². The van der Waals surface area contributed by atoms with Crippen LogP contribution in [-0.4, -0.2) is 28.6 Å². The summed E-state index contributed by atoms with van der Waals surface area (Å²) in [6, 6.07) is 3.55. The summed E-state index contributed by atoms with van der Waals surface area (Å²) in [5.41, 5.74) is -1.40. The van der Waals surface area contributed by atoms with E-state index in [2.05, 4.69) is 5.32 Å². The maximum absolute atomic E-state index is 13.4. The van der Waals surface area contributed by atoms with Crippen molar-refractivity contribution in [2.45, 2.75) is 19.3 Å². The lowest BCUT2D eigenvalue weighted by atomic mass is 9.69. The number of aromatic hydroxyl groups is 1. The fraction of sp³-hybridized carbons (Fsp3) is 0.385. The zero-order valence-electron chi connectivity index (χ0n) is 10.1. The number of phenolic OH excluding ortho intramolecular Hbond substituents is 1. The summed E-state index contributed by atoms with van der Waals surface area (Å²) in [5.74, 6) is -3.06. The first kappa shape index (κ1) is 13.3. The molecule has 1 aromatic rings. The van der Waals surface area contributed by atoms with Gasteiger partial charge in [-0.15, -0.1) is 0 Å². The molecule has 5 nitrogen and oxygen atoms in total. The average molecular weight is 267 g/mol. The highest BCUT2D eigenvalue weighted by molar-refractivity contribution is 5.97. The van der Waals surface area contributed by atoms with Crippen LogP contribution in [0.2, 0.25) is 0 Å². The monoisotopic (exact) mass is 267 g/mol. The van der Waals surface area contributed by atoms with Crippen molar-refractivity contribution in [3.05, 3.63) is 29.6 Å². The second-order valence-electron chi connectivity index (χ2n) is 4.76. The maximum Gasteiger partial charge on any atom is 0.311 e. The molecule has 19 heavy (non-hydrogen) atoms. The van der Waals surface area contributed by atoms with Gasteiger partial charge in [0.25, 0.3) is 5.91 Å². The van der Waals surface area contributed by atoms with Crippen molar-refractivity contribution >= 4 is 11.9 Å². The Hall–Kier alpha value is -2.11. The third kappa shape index (κ3) is 2.38. The Kier molecular flexibility index (Phi) is 3.42. The van der Waals surface area contributed by atoms with Gasteiger partial charge in [-0.1, -0.05) is 12.5 Å². The number of carboxylic acids is 1. The minimum absolute atomic E-state index is 0.0606. The summed E-state index contributed by atoms with van der Waals surface area (Å²) in [6.45, 7) is -0.0606. The fourth-order valence-corrected chi connectivity index (χ4v) is 2.15. The number of hydrogen-bond acceptors (Lipinski definition) is 3.